The number of fused-ring (bicyclic) bond motifs is 3. The van der Waals surface area contributed by atoms with Gasteiger partial charge >= 0.3 is 0 Å². The Hall–Kier alpha value is -1.55. The summed E-state index contributed by atoms with van der Waals surface area (Å²) in [7, 11) is 2.12. The second kappa shape index (κ2) is 5.09. The van der Waals surface area contributed by atoms with Crippen LogP contribution in [0.25, 0.3) is 0 Å². The molecule has 0 bridgehead atoms. The van der Waals surface area contributed by atoms with E-state index >= 15 is 0 Å². The van der Waals surface area contributed by atoms with Gasteiger partial charge in [-0.1, -0.05) is 6.07 Å². The molecule has 1 unspecified atom stereocenters. The zero-order valence-corrected chi connectivity index (χ0v) is 12.5. The highest BCUT2D eigenvalue weighted by molar-refractivity contribution is 6.04. The molecule has 3 rings (SSSR count). The molecule has 2 heterocycles. The molecular formula is C16H23N3O. The van der Waals surface area contributed by atoms with Gasteiger partial charge in [0.2, 0.25) is 5.91 Å². The van der Waals surface area contributed by atoms with Crippen molar-refractivity contribution in [3.8, 4) is 0 Å². The van der Waals surface area contributed by atoms with E-state index in [1.54, 1.807) is 0 Å². The molecule has 108 valence electrons. The van der Waals surface area contributed by atoms with Crippen LogP contribution in [0, 0.1) is 0 Å². The van der Waals surface area contributed by atoms with Crippen LogP contribution in [0.1, 0.15) is 32.3 Å². The highest BCUT2D eigenvalue weighted by Crippen LogP contribution is 2.37. The first kappa shape index (κ1) is 13.4. The summed E-state index contributed by atoms with van der Waals surface area (Å²) in [4.78, 5) is 16.7. The number of carbonyl (C=O) groups is 1. The number of nitrogens with one attached hydrogen (secondary N) is 1. The molecule has 1 aromatic rings. The van der Waals surface area contributed by atoms with Crippen molar-refractivity contribution in [1.29, 1.82) is 0 Å². The standard InChI is InChI=1S/C16H23N3O/c1-11(2)18(3)10-12-6-7-14-13(9-12)17-16(20)15-5-4-8-19(14)15/h6-7,9,11,15H,4-5,8,10H2,1-3H3,(H,17,20). The van der Waals surface area contributed by atoms with Gasteiger partial charge in [-0.3, -0.25) is 9.69 Å². The molecule has 2 aliphatic heterocycles. The summed E-state index contributed by atoms with van der Waals surface area (Å²) >= 11 is 0. The maximum atomic E-state index is 12.1. The number of anilines is 2. The van der Waals surface area contributed by atoms with Crippen molar-refractivity contribution in [2.24, 2.45) is 0 Å². The van der Waals surface area contributed by atoms with Crippen LogP contribution in [-0.2, 0) is 11.3 Å². The van der Waals surface area contributed by atoms with E-state index in [-0.39, 0.29) is 11.9 Å². The molecule has 0 aromatic heterocycles. The number of amides is 1. The average molecular weight is 273 g/mol. The van der Waals surface area contributed by atoms with Crippen LogP contribution in [0.2, 0.25) is 0 Å². The van der Waals surface area contributed by atoms with E-state index in [0.29, 0.717) is 6.04 Å². The average Bonchev–Trinajstić information content (AvgIpc) is 2.88. The van der Waals surface area contributed by atoms with Crippen LogP contribution in [0.4, 0.5) is 11.4 Å². The molecule has 4 heteroatoms. The Morgan fingerprint density at radius 3 is 3.00 bits per heavy atom. The van der Waals surface area contributed by atoms with E-state index in [1.807, 2.05) is 0 Å². The lowest BCUT2D eigenvalue weighted by Gasteiger charge is -2.33. The van der Waals surface area contributed by atoms with Gasteiger partial charge in [-0.25, -0.2) is 0 Å². The third kappa shape index (κ3) is 2.29. The first-order valence-electron chi connectivity index (χ1n) is 7.47. The zero-order valence-electron chi connectivity index (χ0n) is 12.5. The molecule has 0 spiro atoms. The summed E-state index contributed by atoms with van der Waals surface area (Å²) < 4.78 is 0. The van der Waals surface area contributed by atoms with Gasteiger partial charge in [-0.05, 0) is 51.4 Å². The van der Waals surface area contributed by atoms with Crippen LogP contribution >= 0.6 is 0 Å². The number of carbonyl (C=O) groups excluding carboxylic acids is 1. The Kier molecular flexibility index (Phi) is 3.42. The molecule has 1 aromatic carbocycles. The van der Waals surface area contributed by atoms with E-state index in [1.165, 1.54) is 11.3 Å². The Morgan fingerprint density at radius 1 is 1.45 bits per heavy atom. The van der Waals surface area contributed by atoms with Gasteiger partial charge in [0, 0.05) is 19.1 Å². The summed E-state index contributed by atoms with van der Waals surface area (Å²) in [6, 6.07) is 7.04. The highest BCUT2D eigenvalue weighted by atomic mass is 16.2. The Balaban J connectivity index is 1.86. The molecule has 0 radical (unpaired) electrons. The quantitative estimate of drug-likeness (QED) is 0.919. The predicted octanol–water partition coefficient (Wildman–Crippen LogP) is 2.45. The van der Waals surface area contributed by atoms with Gasteiger partial charge in [-0.15, -0.1) is 0 Å². The first-order valence-corrected chi connectivity index (χ1v) is 7.47. The van der Waals surface area contributed by atoms with Gasteiger partial charge in [-0.2, -0.15) is 0 Å². The van der Waals surface area contributed by atoms with Gasteiger partial charge in [0.25, 0.3) is 0 Å². The second-order valence-corrected chi connectivity index (χ2v) is 6.20. The Morgan fingerprint density at radius 2 is 2.25 bits per heavy atom. The van der Waals surface area contributed by atoms with Crippen molar-refractivity contribution in [2.45, 2.75) is 45.3 Å². The largest absolute Gasteiger partial charge is 0.358 e. The molecule has 1 amide bonds. The van der Waals surface area contributed by atoms with Crippen molar-refractivity contribution in [3.63, 3.8) is 0 Å². The zero-order chi connectivity index (χ0) is 14.3. The number of hydrogen-bond acceptors (Lipinski definition) is 3. The summed E-state index contributed by atoms with van der Waals surface area (Å²) in [5.74, 6) is 0.157. The molecule has 0 saturated carbocycles. The third-order valence-corrected chi connectivity index (χ3v) is 4.50. The molecule has 1 fully saturated rings. The Bertz CT molecular complexity index is 526. The summed E-state index contributed by atoms with van der Waals surface area (Å²) in [5.41, 5.74) is 3.41. The first-order chi connectivity index (χ1) is 9.56. The lowest BCUT2D eigenvalue weighted by Crippen LogP contribution is -2.43. The van der Waals surface area contributed by atoms with Crippen molar-refractivity contribution < 1.29 is 4.79 Å². The fourth-order valence-electron chi connectivity index (χ4n) is 3.05. The molecular weight excluding hydrogens is 250 g/mol. The number of hydrogen-bond donors (Lipinski definition) is 1. The summed E-state index contributed by atoms with van der Waals surface area (Å²) in [6.45, 7) is 6.28. The van der Waals surface area contributed by atoms with Gasteiger partial charge in [0.15, 0.2) is 0 Å². The van der Waals surface area contributed by atoms with Crippen molar-refractivity contribution in [1.82, 2.24) is 4.90 Å². The minimum atomic E-state index is 0.0479. The van der Waals surface area contributed by atoms with Gasteiger partial charge < -0.3 is 10.2 Å². The lowest BCUT2D eigenvalue weighted by atomic mass is 10.1. The van der Waals surface area contributed by atoms with Crippen LogP contribution in [-0.4, -0.2) is 36.5 Å². The molecule has 2 aliphatic rings. The van der Waals surface area contributed by atoms with Gasteiger partial charge in [0.1, 0.15) is 6.04 Å². The second-order valence-electron chi connectivity index (χ2n) is 6.20. The summed E-state index contributed by atoms with van der Waals surface area (Å²) in [5, 5.41) is 3.08. The molecule has 20 heavy (non-hydrogen) atoms. The van der Waals surface area contributed by atoms with E-state index in [4.69, 9.17) is 0 Å². The van der Waals surface area contributed by atoms with Crippen molar-refractivity contribution in [3.05, 3.63) is 23.8 Å². The fraction of sp³-hybridized carbons (Fsp3) is 0.562. The van der Waals surface area contributed by atoms with Crippen LogP contribution in [0.3, 0.4) is 0 Å². The Labute approximate surface area is 120 Å². The van der Waals surface area contributed by atoms with Crippen LogP contribution < -0.4 is 10.2 Å². The number of rotatable bonds is 3. The highest BCUT2D eigenvalue weighted by Gasteiger charge is 2.36. The third-order valence-electron chi connectivity index (χ3n) is 4.50. The maximum Gasteiger partial charge on any atom is 0.247 e. The van der Waals surface area contributed by atoms with E-state index < -0.39 is 0 Å². The topological polar surface area (TPSA) is 35.6 Å². The molecule has 1 atom stereocenters. The normalized spacial score (nSPS) is 21.1. The lowest BCUT2D eigenvalue weighted by molar-refractivity contribution is -0.117. The molecule has 0 aliphatic carbocycles. The fourth-order valence-corrected chi connectivity index (χ4v) is 3.05. The monoisotopic (exact) mass is 273 g/mol. The van der Waals surface area contributed by atoms with Crippen molar-refractivity contribution in [2.75, 3.05) is 23.8 Å². The van der Waals surface area contributed by atoms with E-state index in [2.05, 4.69) is 54.2 Å². The van der Waals surface area contributed by atoms with Crippen LogP contribution in [0.5, 0.6) is 0 Å². The van der Waals surface area contributed by atoms with Crippen molar-refractivity contribution >= 4 is 17.3 Å². The minimum Gasteiger partial charge on any atom is -0.358 e. The predicted molar refractivity (Wildman–Crippen MR) is 82.0 cm³/mol. The molecule has 1 saturated heterocycles. The molecule has 4 nitrogen and oxygen atoms in total. The smallest absolute Gasteiger partial charge is 0.247 e. The minimum absolute atomic E-state index is 0.0479. The maximum absolute atomic E-state index is 12.1. The van der Waals surface area contributed by atoms with Gasteiger partial charge in [0.05, 0.1) is 11.4 Å². The SMILES string of the molecule is CC(C)N(C)Cc1ccc2c(c1)NC(=O)C1CCCN21. The summed E-state index contributed by atoms with van der Waals surface area (Å²) in [6.07, 6.45) is 2.08. The van der Waals surface area contributed by atoms with E-state index in [0.717, 1.165) is 31.6 Å². The number of benzene rings is 1. The van der Waals surface area contributed by atoms with Crippen LogP contribution in [0.15, 0.2) is 18.2 Å². The molecule has 1 N–H and O–H groups in total. The number of nitrogens with zero attached hydrogens (tertiary/aromatic N) is 2. The van der Waals surface area contributed by atoms with E-state index in [9.17, 15) is 4.79 Å².